The van der Waals surface area contributed by atoms with Gasteiger partial charge in [-0.15, -0.1) is 6.58 Å². The van der Waals surface area contributed by atoms with Crippen molar-refractivity contribution >= 4 is 37.3 Å². The fourth-order valence-corrected chi connectivity index (χ4v) is 8.21. The average Bonchev–Trinajstić information content (AvgIpc) is 3.22. The zero-order chi connectivity index (χ0) is 25.5. The first-order chi connectivity index (χ1) is 16.5. The van der Waals surface area contributed by atoms with Crippen LogP contribution in [0.3, 0.4) is 0 Å². The second kappa shape index (κ2) is 9.22. The number of aliphatic hydroxyl groups excluding tert-OH is 1. The molecule has 9 heteroatoms. The van der Waals surface area contributed by atoms with E-state index in [4.69, 9.17) is 10.5 Å². The second-order valence-corrected chi connectivity index (χ2v) is 13.6. The third-order valence-corrected chi connectivity index (χ3v) is 9.57. The molecule has 0 unspecified atom stereocenters. The van der Waals surface area contributed by atoms with Crippen LogP contribution in [-0.4, -0.2) is 44.6 Å². The number of hydrogen-bond acceptors (Lipinski definition) is 5. The van der Waals surface area contributed by atoms with E-state index in [0.717, 1.165) is 0 Å². The van der Waals surface area contributed by atoms with E-state index in [1.807, 2.05) is 6.92 Å². The quantitative estimate of drug-likeness (QED) is 0.230. The molecule has 2 amide bonds. The van der Waals surface area contributed by atoms with Crippen molar-refractivity contribution in [3.05, 3.63) is 66.2 Å². The summed E-state index contributed by atoms with van der Waals surface area (Å²) in [5.41, 5.74) is 6.56. The van der Waals surface area contributed by atoms with Crippen molar-refractivity contribution in [1.82, 2.24) is 0 Å². The molecule has 2 heterocycles. The van der Waals surface area contributed by atoms with E-state index in [-0.39, 0.29) is 31.4 Å². The molecule has 2 aromatic rings. The number of amides is 2. The number of carbonyl (C=O) groups is 2. The molecule has 1 saturated heterocycles. The topological polar surface area (TPSA) is 105 Å². The van der Waals surface area contributed by atoms with Gasteiger partial charge in [0.25, 0.3) is 11.8 Å². The fourth-order valence-electron chi connectivity index (χ4n) is 5.67. The van der Waals surface area contributed by atoms with Gasteiger partial charge in [0.2, 0.25) is 8.41 Å². The normalized spacial score (nSPS) is 25.7. The summed E-state index contributed by atoms with van der Waals surface area (Å²) in [6.45, 7) is 8.97. The van der Waals surface area contributed by atoms with Gasteiger partial charge < -0.3 is 29.9 Å². The summed E-state index contributed by atoms with van der Waals surface area (Å²) in [6, 6.07) is 11.8. The number of ether oxygens (including phenoxy) is 1. The maximum atomic E-state index is 15.5. The molecule has 4 atom stereocenters. The molecule has 186 valence electrons. The van der Waals surface area contributed by atoms with Crippen LogP contribution in [0.5, 0.6) is 0 Å². The van der Waals surface area contributed by atoms with E-state index >= 15 is 4.11 Å². The average molecular weight is 498 g/mol. The molecule has 2 aliphatic heterocycles. The highest BCUT2D eigenvalue weighted by molar-refractivity contribution is 6.72. The minimum Gasteiger partial charge on any atom is -0.399 e. The standard InChI is InChI=1S/C26H32FN3O4Si/c1-5-13-30-21-11-10-19(29-24(32)17-6-8-18(28)9-7-17)15-20(21)26(25(30)33)16(2)23(35(3,4)27)22(34-26)12-14-31/h5-11,15-16,22-23,31H,1,12-14,28H2,2-4H3,(H,29,32)/t16-,22+,23-,26+/m1/s1. The molecular formula is C26H32FN3O4Si. The van der Waals surface area contributed by atoms with Crippen molar-refractivity contribution in [2.24, 2.45) is 5.92 Å². The summed E-state index contributed by atoms with van der Waals surface area (Å²) in [5, 5.41) is 12.5. The number of carbonyl (C=O) groups excluding carboxylic acids is 2. The van der Waals surface area contributed by atoms with Crippen molar-refractivity contribution in [2.75, 3.05) is 29.1 Å². The minimum atomic E-state index is -3.27. The Bertz CT molecular complexity index is 1150. The van der Waals surface area contributed by atoms with Gasteiger partial charge in [-0.1, -0.05) is 13.0 Å². The van der Waals surface area contributed by atoms with Crippen LogP contribution in [0, 0.1) is 5.92 Å². The van der Waals surface area contributed by atoms with Crippen LogP contribution in [0.15, 0.2) is 55.1 Å². The Balaban J connectivity index is 1.78. The predicted octanol–water partition coefficient (Wildman–Crippen LogP) is 4.21. The lowest BCUT2D eigenvalue weighted by molar-refractivity contribution is -0.146. The number of rotatable bonds is 7. The number of fused-ring (bicyclic) bond motifs is 2. The number of nitrogens with zero attached hydrogens (tertiary/aromatic N) is 1. The molecule has 0 aromatic heterocycles. The first-order valence-corrected chi connectivity index (χ1v) is 14.7. The highest BCUT2D eigenvalue weighted by Gasteiger charge is 2.66. The van der Waals surface area contributed by atoms with Crippen molar-refractivity contribution in [2.45, 2.75) is 43.7 Å². The molecule has 35 heavy (non-hydrogen) atoms. The Morgan fingerprint density at radius 1 is 1.31 bits per heavy atom. The summed E-state index contributed by atoms with van der Waals surface area (Å²) in [6.07, 6.45) is 1.29. The van der Waals surface area contributed by atoms with E-state index in [1.54, 1.807) is 66.5 Å². The van der Waals surface area contributed by atoms with Gasteiger partial charge >= 0.3 is 0 Å². The van der Waals surface area contributed by atoms with Crippen molar-refractivity contribution in [1.29, 1.82) is 0 Å². The molecule has 4 N–H and O–H groups in total. The number of aliphatic hydroxyl groups is 1. The summed E-state index contributed by atoms with van der Waals surface area (Å²) < 4.78 is 22.0. The lowest BCUT2D eigenvalue weighted by atomic mass is 9.82. The molecule has 4 rings (SSSR count). The van der Waals surface area contributed by atoms with E-state index in [0.29, 0.717) is 28.2 Å². The molecule has 1 spiro atoms. The summed E-state index contributed by atoms with van der Waals surface area (Å²) in [7, 11) is -3.27. The smallest absolute Gasteiger partial charge is 0.264 e. The molecule has 0 aliphatic carbocycles. The first kappa shape index (κ1) is 25.1. The molecule has 1 fully saturated rings. The zero-order valence-electron chi connectivity index (χ0n) is 20.3. The highest BCUT2D eigenvalue weighted by Crippen LogP contribution is 2.60. The Hall–Kier alpha value is -3.01. The van der Waals surface area contributed by atoms with Crippen LogP contribution in [0.1, 0.15) is 29.3 Å². The van der Waals surface area contributed by atoms with Crippen LogP contribution in [0.2, 0.25) is 18.6 Å². The highest BCUT2D eigenvalue weighted by atomic mass is 28.4. The molecule has 2 aromatic carbocycles. The molecule has 2 aliphatic rings. The summed E-state index contributed by atoms with van der Waals surface area (Å²) in [4.78, 5) is 28.3. The van der Waals surface area contributed by atoms with Gasteiger partial charge in [0.05, 0.1) is 11.8 Å². The summed E-state index contributed by atoms with van der Waals surface area (Å²) in [5.74, 6) is -1.06. The maximum absolute atomic E-state index is 15.5. The van der Waals surface area contributed by atoms with Gasteiger partial charge in [0.15, 0.2) is 5.60 Å². The molecule has 7 nitrogen and oxygen atoms in total. The lowest BCUT2D eigenvalue weighted by Gasteiger charge is -2.31. The van der Waals surface area contributed by atoms with E-state index in [9.17, 15) is 14.7 Å². The van der Waals surface area contributed by atoms with E-state index in [2.05, 4.69) is 11.9 Å². The van der Waals surface area contributed by atoms with E-state index < -0.39 is 31.6 Å². The Morgan fingerprint density at radius 3 is 2.60 bits per heavy atom. The predicted molar refractivity (Wildman–Crippen MR) is 138 cm³/mol. The first-order valence-electron chi connectivity index (χ1n) is 11.8. The molecule has 0 saturated carbocycles. The van der Waals surface area contributed by atoms with Gasteiger partial charge in [-0.25, -0.2) is 0 Å². The third-order valence-electron chi connectivity index (χ3n) is 7.12. The van der Waals surface area contributed by atoms with Gasteiger partial charge in [-0.2, -0.15) is 0 Å². The van der Waals surface area contributed by atoms with Crippen LogP contribution in [-0.2, 0) is 15.1 Å². The largest absolute Gasteiger partial charge is 0.399 e. The van der Waals surface area contributed by atoms with Gasteiger partial charge in [0.1, 0.15) is 0 Å². The SMILES string of the molecule is C=CCN1C(=O)[C@@]2(O[C@@H](CCO)[C@H]([Si](C)(C)F)[C@H]2C)c2cc(NC(=O)c3ccc(N)cc3)ccc21. The van der Waals surface area contributed by atoms with E-state index in [1.165, 1.54) is 0 Å². The van der Waals surface area contributed by atoms with Crippen molar-refractivity contribution in [3.63, 3.8) is 0 Å². The lowest BCUT2D eigenvalue weighted by Crippen LogP contribution is -2.45. The number of nitrogens with one attached hydrogen (secondary N) is 1. The number of halogens is 1. The van der Waals surface area contributed by atoms with Gasteiger partial charge in [-0.05, 0) is 62.0 Å². The number of benzene rings is 2. The van der Waals surface area contributed by atoms with Crippen LogP contribution in [0.25, 0.3) is 0 Å². The van der Waals surface area contributed by atoms with Crippen LogP contribution in [0.4, 0.5) is 21.2 Å². The zero-order valence-corrected chi connectivity index (χ0v) is 21.3. The number of hydrogen-bond donors (Lipinski definition) is 3. The van der Waals surface area contributed by atoms with Crippen LogP contribution >= 0.6 is 0 Å². The van der Waals surface area contributed by atoms with Gasteiger partial charge in [0, 0.05) is 47.1 Å². The fraction of sp³-hybridized carbons (Fsp3) is 0.385. The second-order valence-electron chi connectivity index (χ2n) is 9.80. The number of nitrogen functional groups attached to an aromatic ring is 1. The minimum absolute atomic E-state index is 0.163. The third kappa shape index (κ3) is 4.17. The Labute approximate surface area is 205 Å². The number of anilines is 3. The molecule has 0 bridgehead atoms. The Morgan fingerprint density at radius 2 is 2.00 bits per heavy atom. The van der Waals surface area contributed by atoms with Gasteiger partial charge in [-0.3, -0.25) is 9.59 Å². The van der Waals surface area contributed by atoms with Crippen LogP contribution < -0.4 is 16.0 Å². The molecular weight excluding hydrogens is 465 g/mol. The molecule has 0 radical (unpaired) electrons. The monoisotopic (exact) mass is 497 g/mol. The Kier molecular flexibility index (Phi) is 6.61. The maximum Gasteiger partial charge on any atom is 0.264 e. The number of nitrogens with two attached hydrogens (primary N) is 1. The van der Waals surface area contributed by atoms with Crippen molar-refractivity contribution < 1.29 is 23.5 Å². The van der Waals surface area contributed by atoms with Crippen molar-refractivity contribution in [3.8, 4) is 0 Å². The summed E-state index contributed by atoms with van der Waals surface area (Å²) >= 11 is 0.